The standard InChI is InChI=1S/C78H60F2N2/c1-49-21-17-31-57(41-49)81(71-35-15-13-33-61(71)51-23-9-7-10-24-51)59-37-39-63-67(45-59)77(3,4)69-47-65-66(73(75(63)69)53-27-19-29-55(79)43-53)48-70-76(74(65)54-28-20-30-56(80)44-54)64-40-38-60(46-68(64)78(70,5)6)82(58-32-18-22-50(2)42-58)72-36-16-14-34-62(72)52-25-11-8-12-26-52/h7-48H,1-6H3. The lowest BCUT2D eigenvalue weighted by molar-refractivity contribution is 0.628. The molecule has 0 radical (unpaired) electrons. The van der Waals surface area contributed by atoms with E-state index < -0.39 is 10.8 Å². The summed E-state index contributed by atoms with van der Waals surface area (Å²) < 4.78 is 32.1. The maximum atomic E-state index is 16.1. The summed E-state index contributed by atoms with van der Waals surface area (Å²) in [6.45, 7) is 13.6. The van der Waals surface area contributed by atoms with Crippen LogP contribution in [-0.4, -0.2) is 0 Å². The minimum Gasteiger partial charge on any atom is -0.310 e. The molecule has 0 N–H and O–H groups in total. The van der Waals surface area contributed by atoms with Crippen molar-refractivity contribution >= 4 is 44.9 Å². The summed E-state index contributed by atoms with van der Waals surface area (Å²) in [6.07, 6.45) is 0. The first kappa shape index (κ1) is 50.6. The Morgan fingerprint density at radius 2 is 0.646 bits per heavy atom. The number of halogens is 2. The highest BCUT2D eigenvalue weighted by Crippen LogP contribution is 2.61. The van der Waals surface area contributed by atoms with E-state index in [1.54, 1.807) is 12.1 Å². The average molecular weight is 1060 g/mol. The quantitative estimate of drug-likeness (QED) is 0.135. The molecule has 0 amide bonds. The molecule has 82 heavy (non-hydrogen) atoms. The van der Waals surface area contributed by atoms with Gasteiger partial charge in [0.15, 0.2) is 0 Å². The molecule has 0 aromatic heterocycles. The van der Waals surface area contributed by atoms with Gasteiger partial charge in [0.1, 0.15) is 11.6 Å². The SMILES string of the molecule is Cc1cccc(N(c2ccc3c(c2)C(C)(C)c2cc4c(-c5cccc(F)c5)c5c(cc4c(-c4cccc(F)c4)c2-3)C(C)(C)c2cc(N(c3cccc(C)c3)c3ccccc3-c3ccccc3)ccc2-5)c2ccccc2-c2ccccc2)c1. The Morgan fingerprint density at radius 1 is 0.280 bits per heavy atom. The molecule has 4 heteroatoms. The van der Waals surface area contributed by atoms with Crippen LogP contribution in [0, 0.1) is 25.5 Å². The van der Waals surface area contributed by atoms with E-state index in [4.69, 9.17) is 0 Å². The van der Waals surface area contributed by atoms with Crippen LogP contribution in [-0.2, 0) is 10.8 Å². The lowest BCUT2D eigenvalue weighted by Crippen LogP contribution is -2.17. The van der Waals surface area contributed by atoms with Crippen molar-refractivity contribution in [3.63, 3.8) is 0 Å². The second-order valence-corrected chi connectivity index (χ2v) is 23.3. The molecule has 2 aliphatic carbocycles. The van der Waals surface area contributed by atoms with E-state index in [0.717, 1.165) is 123 Å². The molecule has 0 atom stereocenters. The van der Waals surface area contributed by atoms with E-state index >= 15 is 8.78 Å². The lowest BCUT2D eigenvalue weighted by Gasteiger charge is -2.30. The predicted octanol–water partition coefficient (Wildman–Crippen LogP) is 22.0. The van der Waals surface area contributed by atoms with Crippen LogP contribution in [0.25, 0.3) is 77.5 Å². The van der Waals surface area contributed by atoms with Gasteiger partial charge in [-0.15, -0.1) is 0 Å². The Bertz CT molecular complexity index is 4230. The van der Waals surface area contributed by atoms with Gasteiger partial charge in [0.05, 0.1) is 11.4 Å². The van der Waals surface area contributed by atoms with Gasteiger partial charge in [0.25, 0.3) is 0 Å². The van der Waals surface area contributed by atoms with E-state index in [1.807, 2.05) is 24.3 Å². The molecule has 0 saturated heterocycles. The zero-order valence-electron chi connectivity index (χ0n) is 46.9. The molecule has 2 aliphatic rings. The number of hydrogen-bond acceptors (Lipinski definition) is 2. The van der Waals surface area contributed by atoms with Gasteiger partial charge in [-0.3, -0.25) is 0 Å². The Balaban J connectivity index is 1.01. The summed E-state index contributed by atoms with van der Waals surface area (Å²) >= 11 is 0. The van der Waals surface area contributed by atoms with Crippen molar-refractivity contribution in [3.8, 4) is 66.8 Å². The van der Waals surface area contributed by atoms with Crippen molar-refractivity contribution in [3.05, 3.63) is 300 Å². The second kappa shape index (κ2) is 19.6. The van der Waals surface area contributed by atoms with E-state index in [9.17, 15) is 0 Å². The fourth-order valence-electron chi connectivity index (χ4n) is 13.5. The molecule has 0 unspecified atom stereocenters. The maximum absolute atomic E-state index is 16.1. The summed E-state index contributed by atoms with van der Waals surface area (Å²) in [5.41, 5.74) is 24.7. The first-order valence-corrected chi connectivity index (χ1v) is 28.4. The minimum atomic E-state index is -0.534. The van der Waals surface area contributed by atoms with Crippen LogP contribution in [0.4, 0.5) is 42.9 Å². The second-order valence-electron chi connectivity index (χ2n) is 23.3. The first-order chi connectivity index (χ1) is 39.8. The fourth-order valence-corrected chi connectivity index (χ4v) is 13.5. The van der Waals surface area contributed by atoms with Gasteiger partial charge in [0.2, 0.25) is 0 Å². The van der Waals surface area contributed by atoms with Gasteiger partial charge in [-0.25, -0.2) is 8.78 Å². The molecule has 0 heterocycles. The molecule has 0 saturated carbocycles. The molecule has 0 aliphatic heterocycles. The summed E-state index contributed by atoms with van der Waals surface area (Å²) in [7, 11) is 0. The number of para-hydroxylation sites is 2. The zero-order valence-corrected chi connectivity index (χ0v) is 46.9. The van der Waals surface area contributed by atoms with Gasteiger partial charge in [0, 0.05) is 44.7 Å². The third kappa shape index (κ3) is 8.27. The van der Waals surface area contributed by atoms with Crippen molar-refractivity contribution in [2.45, 2.75) is 52.4 Å². The third-order valence-electron chi connectivity index (χ3n) is 17.4. The summed E-state index contributed by atoms with van der Waals surface area (Å²) in [5, 5.41) is 1.99. The lowest BCUT2D eigenvalue weighted by atomic mass is 9.76. The van der Waals surface area contributed by atoms with Gasteiger partial charge >= 0.3 is 0 Å². The molecule has 0 fully saturated rings. The normalized spacial score (nSPS) is 13.3. The van der Waals surface area contributed by atoms with Crippen LogP contribution >= 0.6 is 0 Å². The molecule has 0 bridgehead atoms. The third-order valence-corrected chi connectivity index (χ3v) is 17.4. The molecule has 12 aromatic carbocycles. The van der Waals surface area contributed by atoms with Crippen LogP contribution in [0.1, 0.15) is 61.1 Å². The van der Waals surface area contributed by atoms with Crippen LogP contribution < -0.4 is 9.80 Å². The smallest absolute Gasteiger partial charge is 0.123 e. The van der Waals surface area contributed by atoms with Crippen molar-refractivity contribution in [2.75, 3.05) is 9.80 Å². The Hall–Kier alpha value is -9.64. The van der Waals surface area contributed by atoms with Gasteiger partial charge in [-0.05, 0) is 211 Å². The van der Waals surface area contributed by atoms with E-state index in [-0.39, 0.29) is 11.6 Å². The number of benzene rings is 12. The summed E-state index contributed by atoms with van der Waals surface area (Å²) in [6, 6.07) is 88.7. The molecule has 396 valence electrons. The number of anilines is 6. The first-order valence-electron chi connectivity index (χ1n) is 28.4. The van der Waals surface area contributed by atoms with Crippen molar-refractivity contribution in [1.29, 1.82) is 0 Å². The van der Waals surface area contributed by atoms with E-state index in [2.05, 4.69) is 258 Å². The van der Waals surface area contributed by atoms with Crippen LogP contribution in [0.5, 0.6) is 0 Å². The Morgan fingerprint density at radius 3 is 1.05 bits per heavy atom. The van der Waals surface area contributed by atoms with Crippen molar-refractivity contribution in [2.24, 2.45) is 0 Å². The summed E-state index contributed by atoms with van der Waals surface area (Å²) in [4.78, 5) is 4.77. The van der Waals surface area contributed by atoms with E-state index in [0.29, 0.717) is 0 Å². The Kier molecular flexibility index (Phi) is 12.1. The summed E-state index contributed by atoms with van der Waals surface area (Å²) in [5.74, 6) is -0.610. The average Bonchev–Trinajstić information content (AvgIpc) is 3.81. The molecule has 14 rings (SSSR count). The topological polar surface area (TPSA) is 6.48 Å². The van der Waals surface area contributed by atoms with Gasteiger partial charge in [-0.2, -0.15) is 0 Å². The minimum absolute atomic E-state index is 0.305. The molecule has 0 spiro atoms. The van der Waals surface area contributed by atoms with E-state index in [1.165, 1.54) is 34.4 Å². The molecule has 12 aromatic rings. The fraction of sp³-hybridized carbons (Fsp3) is 0.103. The number of rotatable bonds is 10. The van der Waals surface area contributed by atoms with Crippen molar-refractivity contribution in [1.82, 2.24) is 0 Å². The largest absolute Gasteiger partial charge is 0.310 e. The number of nitrogens with zero attached hydrogens (tertiary/aromatic N) is 2. The number of hydrogen-bond donors (Lipinski definition) is 0. The molecular weight excluding hydrogens is 1000 g/mol. The highest BCUT2D eigenvalue weighted by atomic mass is 19.1. The van der Waals surface area contributed by atoms with Crippen LogP contribution in [0.15, 0.2) is 255 Å². The number of fused-ring (bicyclic) bond motifs is 7. The monoisotopic (exact) mass is 1060 g/mol. The molecular formula is C78H60F2N2. The number of aryl methyl sites for hydroxylation is 2. The molecule has 2 nitrogen and oxygen atoms in total. The van der Waals surface area contributed by atoms with Crippen LogP contribution in [0.3, 0.4) is 0 Å². The maximum Gasteiger partial charge on any atom is 0.123 e. The Labute approximate surface area is 479 Å². The van der Waals surface area contributed by atoms with Crippen LogP contribution in [0.2, 0.25) is 0 Å². The zero-order chi connectivity index (χ0) is 56.0. The van der Waals surface area contributed by atoms with Gasteiger partial charge < -0.3 is 9.80 Å². The highest BCUT2D eigenvalue weighted by Gasteiger charge is 2.43. The van der Waals surface area contributed by atoms with Gasteiger partial charge in [-0.1, -0.05) is 185 Å². The highest BCUT2D eigenvalue weighted by molar-refractivity contribution is 6.17. The van der Waals surface area contributed by atoms with Crippen molar-refractivity contribution < 1.29 is 8.78 Å². The predicted molar refractivity (Wildman–Crippen MR) is 340 cm³/mol.